The second-order valence-electron chi connectivity index (χ2n) is 5.47. The van der Waals surface area contributed by atoms with Crippen LogP contribution in [0.25, 0.3) is 11.1 Å². The van der Waals surface area contributed by atoms with Gasteiger partial charge in [0, 0.05) is 24.1 Å². The van der Waals surface area contributed by atoms with Crippen molar-refractivity contribution in [2.24, 2.45) is 0 Å². The zero-order valence-corrected chi connectivity index (χ0v) is 12.6. The minimum absolute atomic E-state index is 0.919. The quantitative estimate of drug-likeness (QED) is 0.627. The molecule has 104 valence electrons. The maximum absolute atomic E-state index is 2.30. The third kappa shape index (κ3) is 3.03. The van der Waals surface area contributed by atoms with Gasteiger partial charge in [-0.25, -0.2) is 0 Å². The summed E-state index contributed by atoms with van der Waals surface area (Å²) in [7, 11) is 0. The molecule has 21 heavy (non-hydrogen) atoms. The summed E-state index contributed by atoms with van der Waals surface area (Å²) in [6.45, 7) is 5.25. The van der Waals surface area contributed by atoms with Crippen molar-refractivity contribution in [1.29, 1.82) is 0 Å². The van der Waals surface area contributed by atoms with Crippen LogP contribution in [0.15, 0.2) is 72.9 Å². The first-order chi connectivity index (χ1) is 10.2. The summed E-state index contributed by atoms with van der Waals surface area (Å²) in [5.41, 5.74) is 6.52. The van der Waals surface area contributed by atoms with Gasteiger partial charge in [-0.1, -0.05) is 54.6 Å². The molecule has 1 heteroatoms. The molecule has 0 spiro atoms. The number of pyridine rings is 1. The molecule has 0 amide bonds. The first kappa shape index (κ1) is 13.6. The first-order valence-corrected chi connectivity index (χ1v) is 7.34. The van der Waals surface area contributed by atoms with E-state index in [1.54, 1.807) is 0 Å². The highest BCUT2D eigenvalue weighted by atomic mass is 14.9. The molecule has 2 aromatic carbocycles. The topological polar surface area (TPSA) is 3.88 Å². The predicted octanol–water partition coefficient (Wildman–Crippen LogP) is 4.31. The third-order valence-corrected chi connectivity index (χ3v) is 4.03. The van der Waals surface area contributed by atoms with E-state index in [0.29, 0.717) is 0 Å². The van der Waals surface area contributed by atoms with Crippen molar-refractivity contribution in [3.05, 3.63) is 89.7 Å². The Morgan fingerprint density at radius 3 is 2.10 bits per heavy atom. The number of hydrogen-bond acceptors (Lipinski definition) is 0. The lowest BCUT2D eigenvalue weighted by atomic mass is 10.0. The lowest BCUT2D eigenvalue weighted by molar-refractivity contribution is -0.694. The van der Waals surface area contributed by atoms with Gasteiger partial charge in [-0.05, 0) is 24.1 Å². The Morgan fingerprint density at radius 2 is 1.38 bits per heavy atom. The second-order valence-corrected chi connectivity index (χ2v) is 5.47. The van der Waals surface area contributed by atoms with Gasteiger partial charge in [0.25, 0.3) is 0 Å². The third-order valence-electron chi connectivity index (χ3n) is 4.03. The standard InChI is InChI=1S/C20H20N/c1-16-7-6-14-21(17(16)2)15-18-10-12-20(13-11-18)19-8-4-3-5-9-19/h3-14H,15H2,1-2H3/q+1. The largest absolute Gasteiger partial charge is 0.198 e. The molecule has 0 aliphatic carbocycles. The van der Waals surface area contributed by atoms with E-state index in [-0.39, 0.29) is 0 Å². The zero-order valence-electron chi connectivity index (χ0n) is 12.6. The molecule has 1 heterocycles. The molecule has 0 saturated carbocycles. The Kier molecular flexibility index (Phi) is 3.83. The van der Waals surface area contributed by atoms with E-state index < -0.39 is 0 Å². The van der Waals surface area contributed by atoms with Crippen molar-refractivity contribution >= 4 is 0 Å². The Labute approximate surface area is 126 Å². The van der Waals surface area contributed by atoms with Crippen LogP contribution in [0.5, 0.6) is 0 Å². The Hall–Kier alpha value is -2.41. The Bertz CT molecular complexity index is 728. The maximum atomic E-state index is 2.30. The lowest BCUT2D eigenvalue weighted by Crippen LogP contribution is -2.37. The minimum Gasteiger partial charge on any atom is -0.198 e. The fourth-order valence-electron chi connectivity index (χ4n) is 2.55. The molecule has 0 unspecified atom stereocenters. The van der Waals surface area contributed by atoms with Crippen LogP contribution >= 0.6 is 0 Å². The maximum Gasteiger partial charge on any atom is 0.181 e. The number of nitrogens with zero attached hydrogens (tertiary/aromatic N) is 1. The average Bonchev–Trinajstić information content (AvgIpc) is 2.53. The van der Waals surface area contributed by atoms with E-state index in [9.17, 15) is 0 Å². The van der Waals surface area contributed by atoms with E-state index in [2.05, 4.69) is 91.3 Å². The molecule has 0 bridgehead atoms. The van der Waals surface area contributed by atoms with Crippen LogP contribution < -0.4 is 4.57 Å². The molecule has 0 saturated heterocycles. The summed E-state index contributed by atoms with van der Waals surface area (Å²) in [6.07, 6.45) is 2.15. The first-order valence-electron chi connectivity index (χ1n) is 7.34. The van der Waals surface area contributed by atoms with Crippen LogP contribution in [-0.2, 0) is 6.54 Å². The highest BCUT2D eigenvalue weighted by molar-refractivity contribution is 5.63. The zero-order chi connectivity index (χ0) is 14.7. The van der Waals surface area contributed by atoms with E-state index in [4.69, 9.17) is 0 Å². The predicted molar refractivity (Wildman–Crippen MR) is 87.1 cm³/mol. The van der Waals surface area contributed by atoms with Gasteiger partial charge in [0.2, 0.25) is 0 Å². The summed E-state index contributed by atoms with van der Waals surface area (Å²) in [6, 6.07) is 23.6. The summed E-state index contributed by atoms with van der Waals surface area (Å²) in [5.74, 6) is 0. The molecule has 1 nitrogen and oxygen atoms in total. The summed E-state index contributed by atoms with van der Waals surface area (Å²) >= 11 is 0. The fraction of sp³-hybridized carbons (Fsp3) is 0.150. The van der Waals surface area contributed by atoms with Gasteiger partial charge in [-0.3, -0.25) is 0 Å². The van der Waals surface area contributed by atoms with Crippen molar-refractivity contribution in [2.45, 2.75) is 20.4 Å². The Balaban J connectivity index is 1.83. The van der Waals surface area contributed by atoms with Crippen LogP contribution in [0.4, 0.5) is 0 Å². The van der Waals surface area contributed by atoms with Crippen molar-refractivity contribution in [3.63, 3.8) is 0 Å². The second kappa shape index (κ2) is 5.92. The fourth-order valence-corrected chi connectivity index (χ4v) is 2.55. The molecule has 0 aliphatic rings. The monoisotopic (exact) mass is 274 g/mol. The molecular weight excluding hydrogens is 254 g/mol. The molecule has 1 aromatic heterocycles. The molecule has 3 rings (SSSR count). The van der Waals surface area contributed by atoms with E-state index in [0.717, 1.165) is 6.54 Å². The molecule has 0 fully saturated rings. The van der Waals surface area contributed by atoms with Crippen LogP contribution in [0.3, 0.4) is 0 Å². The summed E-state index contributed by atoms with van der Waals surface area (Å²) < 4.78 is 2.30. The number of rotatable bonds is 3. The van der Waals surface area contributed by atoms with E-state index in [1.807, 2.05) is 0 Å². The molecule has 0 N–H and O–H groups in total. The van der Waals surface area contributed by atoms with Gasteiger partial charge >= 0.3 is 0 Å². The van der Waals surface area contributed by atoms with Crippen LogP contribution in [0.2, 0.25) is 0 Å². The van der Waals surface area contributed by atoms with Crippen LogP contribution in [0, 0.1) is 13.8 Å². The van der Waals surface area contributed by atoms with E-state index in [1.165, 1.54) is 27.9 Å². The molecule has 3 aromatic rings. The number of aromatic nitrogens is 1. The van der Waals surface area contributed by atoms with Gasteiger partial charge < -0.3 is 0 Å². The highest BCUT2D eigenvalue weighted by Crippen LogP contribution is 2.19. The number of aryl methyl sites for hydroxylation is 1. The summed E-state index contributed by atoms with van der Waals surface area (Å²) in [5, 5.41) is 0. The van der Waals surface area contributed by atoms with Crippen LogP contribution in [0.1, 0.15) is 16.8 Å². The SMILES string of the molecule is Cc1ccc[n+](Cc2ccc(-c3ccccc3)cc2)c1C. The van der Waals surface area contributed by atoms with Gasteiger partial charge in [0.15, 0.2) is 18.4 Å². The van der Waals surface area contributed by atoms with Crippen molar-refractivity contribution in [3.8, 4) is 11.1 Å². The molecule has 0 atom stereocenters. The van der Waals surface area contributed by atoms with Gasteiger partial charge in [0.05, 0.1) is 0 Å². The molecule has 0 aliphatic heterocycles. The van der Waals surface area contributed by atoms with Gasteiger partial charge in [0.1, 0.15) is 0 Å². The van der Waals surface area contributed by atoms with Crippen molar-refractivity contribution < 1.29 is 4.57 Å². The smallest absolute Gasteiger partial charge is 0.181 e. The molecular formula is C20H20N+. The normalized spacial score (nSPS) is 10.6. The van der Waals surface area contributed by atoms with Gasteiger partial charge in [-0.2, -0.15) is 4.57 Å². The van der Waals surface area contributed by atoms with E-state index >= 15 is 0 Å². The average molecular weight is 274 g/mol. The Morgan fingerprint density at radius 1 is 0.714 bits per heavy atom. The molecule has 0 radical (unpaired) electrons. The van der Waals surface area contributed by atoms with Crippen molar-refractivity contribution in [1.82, 2.24) is 0 Å². The number of benzene rings is 2. The lowest BCUT2D eigenvalue weighted by Gasteiger charge is -2.05. The summed E-state index contributed by atoms with van der Waals surface area (Å²) in [4.78, 5) is 0. The van der Waals surface area contributed by atoms with Gasteiger partial charge in [-0.15, -0.1) is 0 Å². The number of hydrogen-bond donors (Lipinski definition) is 0. The van der Waals surface area contributed by atoms with Crippen LogP contribution in [-0.4, -0.2) is 0 Å². The van der Waals surface area contributed by atoms with Crippen molar-refractivity contribution in [2.75, 3.05) is 0 Å². The minimum atomic E-state index is 0.919. The highest BCUT2D eigenvalue weighted by Gasteiger charge is 2.09.